The summed E-state index contributed by atoms with van der Waals surface area (Å²) in [7, 11) is 0. The number of hydrogen-bond acceptors (Lipinski definition) is 3. The number of nitrogens with one attached hydrogen (secondary N) is 1. The fourth-order valence-corrected chi connectivity index (χ4v) is 2.71. The molecule has 0 heterocycles. The number of aromatic hydroxyl groups is 1. The van der Waals surface area contributed by atoms with Crippen LogP contribution >= 0.6 is 15.9 Å². The molecule has 1 aliphatic rings. The standard InChI is InChI=1S/C13H18BrNO2/c14-10-4-5-13(17)9(6-10)8-15-11-2-1-3-12(16)7-11/h4-6,11-12,15-17H,1-3,7-8H2/t11-,12+/m0/s1. The predicted octanol–water partition coefficient (Wildman–Crippen LogP) is 2.55. The second-order valence-corrected chi connectivity index (χ2v) is 5.59. The number of benzene rings is 1. The molecule has 1 aromatic rings. The zero-order valence-corrected chi connectivity index (χ0v) is 11.3. The molecular weight excluding hydrogens is 282 g/mol. The molecule has 4 heteroatoms. The molecule has 3 nitrogen and oxygen atoms in total. The van der Waals surface area contributed by atoms with Crippen LogP contribution in [-0.4, -0.2) is 22.4 Å². The molecule has 0 saturated heterocycles. The van der Waals surface area contributed by atoms with Gasteiger partial charge in [-0.1, -0.05) is 15.9 Å². The number of phenols is 1. The summed E-state index contributed by atoms with van der Waals surface area (Å²) in [6.45, 7) is 0.642. The molecule has 2 atom stereocenters. The van der Waals surface area contributed by atoms with Crippen molar-refractivity contribution in [2.75, 3.05) is 0 Å². The van der Waals surface area contributed by atoms with Gasteiger partial charge in [-0.25, -0.2) is 0 Å². The fraction of sp³-hybridized carbons (Fsp3) is 0.538. The fourth-order valence-electron chi connectivity index (χ4n) is 2.30. The molecule has 1 fully saturated rings. The van der Waals surface area contributed by atoms with E-state index in [-0.39, 0.29) is 6.10 Å². The minimum Gasteiger partial charge on any atom is -0.508 e. The van der Waals surface area contributed by atoms with Gasteiger partial charge in [-0.2, -0.15) is 0 Å². The van der Waals surface area contributed by atoms with Gasteiger partial charge in [0.1, 0.15) is 5.75 Å². The van der Waals surface area contributed by atoms with Gasteiger partial charge in [0.05, 0.1) is 6.10 Å². The number of halogens is 1. The first-order valence-electron chi connectivity index (χ1n) is 6.04. The highest BCUT2D eigenvalue weighted by atomic mass is 79.9. The van der Waals surface area contributed by atoms with Crippen LogP contribution < -0.4 is 5.32 Å². The van der Waals surface area contributed by atoms with Gasteiger partial charge in [-0.3, -0.25) is 0 Å². The van der Waals surface area contributed by atoms with Crippen LogP contribution in [0.2, 0.25) is 0 Å². The van der Waals surface area contributed by atoms with E-state index < -0.39 is 0 Å². The lowest BCUT2D eigenvalue weighted by atomic mass is 9.93. The summed E-state index contributed by atoms with van der Waals surface area (Å²) >= 11 is 3.39. The lowest BCUT2D eigenvalue weighted by Crippen LogP contribution is -2.35. The highest BCUT2D eigenvalue weighted by Gasteiger charge is 2.19. The maximum Gasteiger partial charge on any atom is 0.120 e. The molecule has 0 aliphatic heterocycles. The van der Waals surface area contributed by atoms with Crippen molar-refractivity contribution in [3.05, 3.63) is 28.2 Å². The smallest absolute Gasteiger partial charge is 0.120 e. The SMILES string of the molecule is Oc1ccc(Br)cc1CN[C@H]1CCC[C@@H](O)C1. The van der Waals surface area contributed by atoms with E-state index in [0.29, 0.717) is 18.3 Å². The third kappa shape index (κ3) is 3.69. The first-order chi connectivity index (χ1) is 8.15. The number of aliphatic hydroxyl groups excluding tert-OH is 1. The minimum atomic E-state index is -0.169. The van der Waals surface area contributed by atoms with Gasteiger partial charge in [0.15, 0.2) is 0 Å². The molecule has 0 bridgehead atoms. The minimum absolute atomic E-state index is 0.169. The summed E-state index contributed by atoms with van der Waals surface area (Å²) in [5, 5.41) is 22.7. The zero-order chi connectivity index (χ0) is 12.3. The quantitative estimate of drug-likeness (QED) is 0.804. The number of phenolic OH excluding ortho intramolecular Hbond substituents is 1. The molecular formula is C13H18BrNO2. The first-order valence-corrected chi connectivity index (χ1v) is 6.83. The van der Waals surface area contributed by atoms with E-state index in [1.54, 1.807) is 6.07 Å². The number of aliphatic hydroxyl groups is 1. The van der Waals surface area contributed by atoms with Crippen LogP contribution in [-0.2, 0) is 6.54 Å². The van der Waals surface area contributed by atoms with E-state index in [9.17, 15) is 10.2 Å². The molecule has 0 radical (unpaired) electrons. The van der Waals surface area contributed by atoms with Gasteiger partial charge in [-0.15, -0.1) is 0 Å². The Morgan fingerprint density at radius 2 is 2.18 bits per heavy atom. The van der Waals surface area contributed by atoms with E-state index in [1.165, 1.54) is 0 Å². The molecule has 17 heavy (non-hydrogen) atoms. The number of hydrogen-bond donors (Lipinski definition) is 3. The van der Waals surface area contributed by atoms with Gasteiger partial charge >= 0.3 is 0 Å². The Kier molecular flexibility index (Phi) is 4.42. The molecule has 0 unspecified atom stereocenters. The van der Waals surface area contributed by atoms with Crippen LogP contribution in [0, 0.1) is 0 Å². The summed E-state index contributed by atoms with van der Waals surface area (Å²) in [6, 6.07) is 5.79. The van der Waals surface area contributed by atoms with E-state index in [2.05, 4.69) is 21.2 Å². The second kappa shape index (κ2) is 5.85. The van der Waals surface area contributed by atoms with Gasteiger partial charge in [0, 0.05) is 22.6 Å². The molecule has 1 aromatic carbocycles. The van der Waals surface area contributed by atoms with E-state index >= 15 is 0 Å². The maximum absolute atomic E-state index is 9.71. The molecule has 3 N–H and O–H groups in total. The summed E-state index contributed by atoms with van der Waals surface area (Å²) in [5.41, 5.74) is 0.888. The average molecular weight is 300 g/mol. The largest absolute Gasteiger partial charge is 0.508 e. The Morgan fingerprint density at radius 1 is 1.35 bits per heavy atom. The molecule has 0 aromatic heterocycles. The molecule has 1 saturated carbocycles. The molecule has 1 aliphatic carbocycles. The summed E-state index contributed by atoms with van der Waals surface area (Å²) in [4.78, 5) is 0. The second-order valence-electron chi connectivity index (χ2n) is 4.67. The van der Waals surface area contributed by atoms with Crippen molar-refractivity contribution in [1.82, 2.24) is 5.32 Å². The lowest BCUT2D eigenvalue weighted by Gasteiger charge is -2.26. The van der Waals surface area contributed by atoms with Crippen molar-refractivity contribution in [3.63, 3.8) is 0 Å². The maximum atomic E-state index is 9.71. The van der Waals surface area contributed by atoms with E-state index in [4.69, 9.17) is 0 Å². The summed E-state index contributed by atoms with van der Waals surface area (Å²) in [5.74, 6) is 0.317. The normalized spacial score (nSPS) is 24.8. The van der Waals surface area contributed by atoms with Gasteiger partial charge in [0.2, 0.25) is 0 Å². The predicted molar refractivity (Wildman–Crippen MR) is 70.9 cm³/mol. The highest BCUT2D eigenvalue weighted by molar-refractivity contribution is 9.10. The van der Waals surface area contributed by atoms with Gasteiger partial charge in [0.25, 0.3) is 0 Å². The molecule has 94 valence electrons. The zero-order valence-electron chi connectivity index (χ0n) is 9.69. The third-order valence-corrected chi connectivity index (χ3v) is 3.76. The van der Waals surface area contributed by atoms with E-state index in [0.717, 1.165) is 35.7 Å². The van der Waals surface area contributed by atoms with Crippen LogP contribution in [0.25, 0.3) is 0 Å². The van der Waals surface area contributed by atoms with Crippen LogP contribution in [0.4, 0.5) is 0 Å². The Morgan fingerprint density at radius 3 is 2.94 bits per heavy atom. The van der Waals surface area contributed by atoms with Crippen LogP contribution in [0.3, 0.4) is 0 Å². The molecule has 0 amide bonds. The molecule has 2 rings (SSSR count). The van der Waals surface area contributed by atoms with Crippen molar-refractivity contribution in [2.24, 2.45) is 0 Å². The number of rotatable bonds is 3. The van der Waals surface area contributed by atoms with Gasteiger partial charge in [-0.05, 0) is 43.9 Å². The average Bonchev–Trinajstić information content (AvgIpc) is 2.30. The monoisotopic (exact) mass is 299 g/mol. The van der Waals surface area contributed by atoms with Crippen molar-refractivity contribution in [2.45, 2.75) is 44.4 Å². The van der Waals surface area contributed by atoms with Gasteiger partial charge < -0.3 is 15.5 Å². The van der Waals surface area contributed by atoms with Crippen LogP contribution in [0.15, 0.2) is 22.7 Å². The van der Waals surface area contributed by atoms with Crippen LogP contribution in [0.1, 0.15) is 31.2 Å². The summed E-state index contributed by atoms with van der Waals surface area (Å²) < 4.78 is 0.968. The highest BCUT2D eigenvalue weighted by Crippen LogP contribution is 2.23. The lowest BCUT2D eigenvalue weighted by molar-refractivity contribution is 0.111. The van der Waals surface area contributed by atoms with Crippen molar-refractivity contribution < 1.29 is 10.2 Å². The molecule has 0 spiro atoms. The Labute approximate surface area is 110 Å². The van der Waals surface area contributed by atoms with Crippen LogP contribution in [0.5, 0.6) is 5.75 Å². The topological polar surface area (TPSA) is 52.5 Å². The van der Waals surface area contributed by atoms with Crippen molar-refractivity contribution >= 4 is 15.9 Å². The first kappa shape index (κ1) is 12.9. The van der Waals surface area contributed by atoms with E-state index in [1.807, 2.05) is 12.1 Å². The Balaban J connectivity index is 1.90. The van der Waals surface area contributed by atoms with Crippen molar-refractivity contribution in [1.29, 1.82) is 0 Å². The summed E-state index contributed by atoms with van der Waals surface area (Å²) in [6.07, 6.45) is 3.74. The Bertz CT molecular complexity index is 384. The van der Waals surface area contributed by atoms with Crippen molar-refractivity contribution in [3.8, 4) is 5.75 Å². The third-order valence-electron chi connectivity index (χ3n) is 3.27. The Hall–Kier alpha value is -0.580.